The minimum Gasteiger partial charge on any atom is -0.282 e. The van der Waals surface area contributed by atoms with Crippen LogP contribution in [0.3, 0.4) is 0 Å². The summed E-state index contributed by atoms with van der Waals surface area (Å²) >= 11 is 7.23. The first-order valence-electron chi connectivity index (χ1n) is 8.30. The monoisotopic (exact) mass is 394 g/mol. The Morgan fingerprint density at radius 2 is 1.85 bits per heavy atom. The Morgan fingerprint density at radius 1 is 1.15 bits per heavy atom. The molecule has 1 amide bonds. The Morgan fingerprint density at radius 3 is 2.56 bits per heavy atom. The number of hydrogen-bond acceptors (Lipinski definition) is 4. The van der Waals surface area contributed by atoms with Gasteiger partial charge in [0.2, 0.25) is 5.17 Å². The molecule has 2 aliphatic rings. The van der Waals surface area contributed by atoms with Gasteiger partial charge < -0.3 is 0 Å². The van der Waals surface area contributed by atoms with Gasteiger partial charge in [-0.25, -0.2) is 0 Å². The molecule has 1 N–H and O–H groups in total. The summed E-state index contributed by atoms with van der Waals surface area (Å²) in [6, 6.07) is 15.3. The molecule has 27 heavy (non-hydrogen) atoms. The van der Waals surface area contributed by atoms with Gasteiger partial charge in [-0.3, -0.25) is 10.2 Å². The van der Waals surface area contributed by atoms with E-state index in [1.54, 1.807) is 6.08 Å². The highest BCUT2D eigenvalue weighted by atomic mass is 35.5. The second kappa shape index (κ2) is 7.13. The first-order chi connectivity index (χ1) is 13.0. The Bertz CT molecular complexity index is 1020. The molecule has 5 nitrogen and oxygen atoms in total. The number of halogens is 1. The summed E-state index contributed by atoms with van der Waals surface area (Å²) in [7, 11) is 0. The van der Waals surface area contributed by atoms with Crippen LogP contribution in [0.5, 0.6) is 0 Å². The summed E-state index contributed by atoms with van der Waals surface area (Å²) in [5.41, 5.74) is 3.28. The van der Waals surface area contributed by atoms with Gasteiger partial charge in [0.1, 0.15) is 5.04 Å². The van der Waals surface area contributed by atoms with Crippen LogP contribution in [-0.4, -0.2) is 27.0 Å². The topological polar surface area (TPSA) is 68.9 Å². The summed E-state index contributed by atoms with van der Waals surface area (Å²) in [6.45, 7) is 2.00. The van der Waals surface area contributed by atoms with Crippen molar-refractivity contribution in [3.63, 3.8) is 0 Å². The Kier molecular flexibility index (Phi) is 4.68. The molecule has 4 rings (SSSR count). The van der Waals surface area contributed by atoms with Crippen LogP contribution in [0.15, 0.2) is 64.2 Å². The van der Waals surface area contributed by atoms with Crippen LogP contribution in [0.2, 0.25) is 5.02 Å². The molecule has 2 aromatic carbocycles. The third-order valence-electron chi connectivity index (χ3n) is 4.15. The summed E-state index contributed by atoms with van der Waals surface area (Å²) in [5, 5.41) is 16.2. The highest BCUT2D eigenvalue weighted by Crippen LogP contribution is 2.29. The lowest BCUT2D eigenvalue weighted by atomic mass is 10.1. The third kappa shape index (κ3) is 3.72. The van der Waals surface area contributed by atoms with E-state index < -0.39 is 5.91 Å². The number of nitrogens with one attached hydrogen (secondary N) is 1. The molecule has 7 heteroatoms. The molecule has 0 aromatic heterocycles. The van der Waals surface area contributed by atoms with E-state index in [1.807, 2.05) is 55.5 Å². The van der Waals surface area contributed by atoms with Crippen LogP contribution in [0.25, 0.3) is 6.08 Å². The molecule has 0 fully saturated rings. The summed E-state index contributed by atoms with van der Waals surface area (Å²) in [4.78, 5) is 16.5. The minimum atomic E-state index is -0.415. The molecule has 0 aliphatic carbocycles. The van der Waals surface area contributed by atoms with E-state index in [9.17, 15) is 4.79 Å². The molecular formula is C20H15ClN4OS. The fraction of sp³-hybridized carbons (Fsp3) is 0.100. The normalized spacial score (nSPS) is 17.9. The lowest BCUT2D eigenvalue weighted by molar-refractivity contribution is -0.114. The van der Waals surface area contributed by atoms with E-state index in [0.29, 0.717) is 16.6 Å². The standard InChI is InChI=1S/C20H15ClN4OS/c1-12-2-4-13(5-3-12)10-16-18(22)25-20(23-19(16)26)27-17(24-25)11-14-6-8-15(21)9-7-14/h2-10,22H,11H2,1H3/b16-10+,22-18?. The van der Waals surface area contributed by atoms with Crippen molar-refractivity contribution in [2.75, 3.05) is 0 Å². The second-order valence-electron chi connectivity index (χ2n) is 6.23. The van der Waals surface area contributed by atoms with Gasteiger partial charge in [-0.2, -0.15) is 15.1 Å². The smallest absolute Gasteiger partial charge is 0.282 e. The second-order valence-corrected chi connectivity index (χ2v) is 7.70. The molecule has 2 aliphatic heterocycles. The molecule has 134 valence electrons. The van der Waals surface area contributed by atoms with Crippen molar-refractivity contribution in [1.82, 2.24) is 5.01 Å². The number of fused-ring (bicyclic) bond motifs is 1. The minimum absolute atomic E-state index is 0.0455. The van der Waals surface area contributed by atoms with Crippen molar-refractivity contribution in [1.29, 1.82) is 5.41 Å². The quantitative estimate of drug-likeness (QED) is 0.778. The number of hydrazone groups is 1. The lowest BCUT2D eigenvalue weighted by Crippen LogP contribution is -2.35. The first kappa shape index (κ1) is 17.7. The number of nitrogens with zero attached hydrogens (tertiary/aromatic N) is 3. The third-order valence-corrected chi connectivity index (χ3v) is 5.31. The molecule has 0 atom stereocenters. The van der Waals surface area contributed by atoms with Crippen molar-refractivity contribution < 1.29 is 4.79 Å². The average molecular weight is 395 g/mol. The number of hydrogen-bond donors (Lipinski definition) is 1. The Hall–Kier alpha value is -2.70. The zero-order valence-electron chi connectivity index (χ0n) is 14.4. The maximum atomic E-state index is 12.4. The van der Waals surface area contributed by atoms with Crippen molar-refractivity contribution in [3.05, 3.63) is 75.8 Å². The van der Waals surface area contributed by atoms with Crippen LogP contribution >= 0.6 is 23.4 Å². The Labute approximate surface area is 166 Å². The van der Waals surface area contributed by atoms with Crippen LogP contribution in [0.4, 0.5) is 0 Å². The maximum Gasteiger partial charge on any atom is 0.283 e. The number of carbonyl (C=O) groups is 1. The fourth-order valence-electron chi connectivity index (χ4n) is 2.71. The van der Waals surface area contributed by atoms with Gasteiger partial charge >= 0.3 is 0 Å². The first-order valence-corrected chi connectivity index (χ1v) is 9.49. The van der Waals surface area contributed by atoms with Crippen LogP contribution in [-0.2, 0) is 11.2 Å². The summed E-state index contributed by atoms with van der Waals surface area (Å²) < 4.78 is 0. The van der Waals surface area contributed by atoms with Crippen LogP contribution in [0, 0.1) is 12.3 Å². The number of benzene rings is 2. The molecule has 0 unspecified atom stereocenters. The number of amides is 1. The van der Waals surface area contributed by atoms with E-state index in [-0.39, 0.29) is 11.4 Å². The lowest BCUT2D eigenvalue weighted by Gasteiger charge is -2.20. The summed E-state index contributed by atoms with van der Waals surface area (Å²) in [6.07, 6.45) is 2.28. The SMILES string of the molecule is Cc1ccc(/C=C2\C(=N)N3N=C(Cc4ccc(Cl)cc4)SC3=NC2=O)cc1. The van der Waals surface area contributed by atoms with Gasteiger partial charge in [0.15, 0.2) is 5.84 Å². The van der Waals surface area contributed by atoms with E-state index in [0.717, 1.165) is 21.7 Å². The van der Waals surface area contributed by atoms with Gasteiger partial charge in [0, 0.05) is 11.4 Å². The molecule has 0 bridgehead atoms. The number of aliphatic imine (C=N–C) groups is 1. The highest BCUT2D eigenvalue weighted by molar-refractivity contribution is 8.26. The van der Waals surface area contributed by atoms with E-state index in [4.69, 9.17) is 17.0 Å². The molecule has 2 aromatic rings. The van der Waals surface area contributed by atoms with Gasteiger partial charge in [0.25, 0.3) is 5.91 Å². The number of carbonyl (C=O) groups excluding carboxylic acids is 1. The largest absolute Gasteiger partial charge is 0.283 e. The van der Waals surface area contributed by atoms with Crippen LogP contribution < -0.4 is 0 Å². The van der Waals surface area contributed by atoms with Gasteiger partial charge in [-0.1, -0.05) is 53.6 Å². The number of thioether (sulfide) groups is 1. The number of rotatable bonds is 3. The molecule has 2 heterocycles. The number of aryl methyl sites for hydroxylation is 1. The van der Waals surface area contributed by atoms with Gasteiger partial charge in [0.05, 0.1) is 5.57 Å². The van der Waals surface area contributed by atoms with E-state index in [2.05, 4.69) is 10.1 Å². The zero-order chi connectivity index (χ0) is 19.0. The predicted molar refractivity (Wildman–Crippen MR) is 111 cm³/mol. The van der Waals surface area contributed by atoms with Crippen molar-refractivity contribution in [3.8, 4) is 0 Å². The van der Waals surface area contributed by atoms with E-state index >= 15 is 0 Å². The molecule has 0 spiro atoms. The maximum absolute atomic E-state index is 12.4. The van der Waals surface area contributed by atoms with Gasteiger partial charge in [-0.15, -0.1) is 0 Å². The van der Waals surface area contributed by atoms with E-state index in [1.165, 1.54) is 16.8 Å². The molecular weight excluding hydrogens is 380 g/mol. The average Bonchev–Trinajstić information content (AvgIpc) is 3.04. The van der Waals surface area contributed by atoms with Crippen molar-refractivity contribution >= 4 is 51.4 Å². The van der Waals surface area contributed by atoms with Crippen molar-refractivity contribution in [2.45, 2.75) is 13.3 Å². The summed E-state index contributed by atoms with van der Waals surface area (Å²) in [5.74, 6) is -0.369. The molecule has 0 radical (unpaired) electrons. The Balaban J connectivity index is 1.59. The fourth-order valence-corrected chi connectivity index (χ4v) is 3.75. The molecule has 0 saturated carbocycles. The zero-order valence-corrected chi connectivity index (χ0v) is 16.0. The highest BCUT2D eigenvalue weighted by Gasteiger charge is 2.35. The molecule has 0 saturated heterocycles. The van der Waals surface area contributed by atoms with Crippen molar-refractivity contribution in [2.24, 2.45) is 10.1 Å². The van der Waals surface area contributed by atoms with Crippen LogP contribution in [0.1, 0.15) is 16.7 Å². The number of amidine groups is 2. The van der Waals surface area contributed by atoms with Gasteiger partial charge in [-0.05, 0) is 48.0 Å². The predicted octanol–water partition coefficient (Wildman–Crippen LogP) is 4.51.